The molecule has 1 aromatic heterocycles. The summed E-state index contributed by atoms with van der Waals surface area (Å²) in [5.74, 6) is -0.0954. The Morgan fingerprint density at radius 1 is 1.14 bits per heavy atom. The Bertz CT molecular complexity index is 903. The summed E-state index contributed by atoms with van der Waals surface area (Å²) >= 11 is 0. The van der Waals surface area contributed by atoms with Gasteiger partial charge in [0.25, 0.3) is 5.91 Å². The molecule has 0 radical (unpaired) electrons. The zero-order valence-corrected chi connectivity index (χ0v) is 15.7. The highest BCUT2D eigenvalue weighted by Crippen LogP contribution is 2.22. The van der Waals surface area contributed by atoms with Gasteiger partial charge in [-0.05, 0) is 5.56 Å². The molecule has 144 valence electrons. The van der Waals surface area contributed by atoms with Crippen LogP contribution in [0.3, 0.4) is 0 Å². The minimum absolute atomic E-state index is 0.0954. The highest BCUT2D eigenvalue weighted by atomic mass is 16.5. The molecule has 3 aromatic rings. The molecule has 2 aromatic carbocycles. The molecular weight excluding hydrogens is 352 g/mol. The second-order valence-electron chi connectivity index (χ2n) is 6.83. The molecule has 1 unspecified atom stereocenters. The van der Waals surface area contributed by atoms with Gasteiger partial charge in [0.05, 0.1) is 18.8 Å². The number of amides is 1. The molecule has 28 heavy (non-hydrogen) atoms. The number of hydrogen-bond donors (Lipinski definition) is 2. The summed E-state index contributed by atoms with van der Waals surface area (Å²) in [6.07, 6.45) is 1.57. The topological polar surface area (TPSA) is 68.2 Å². The third-order valence-corrected chi connectivity index (χ3v) is 4.75. The number of morpholine rings is 1. The van der Waals surface area contributed by atoms with Crippen molar-refractivity contribution in [3.8, 4) is 11.3 Å². The zero-order valence-electron chi connectivity index (χ0n) is 15.7. The predicted molar refractivity (Wildman–Crippen MR) is 108 cm³/mol. The van der Waals surface area contributed by atoms with E-state index in [1.807, 2.05) is 59.4 Å². The Morgan fingerprint density at radius 3 is 2.61 bits per heavy atom. The Kier molecular flexibility index (Phi) is 5.80. The van der Waals surface area contributed by atoms with Crippen LogP contribution < -0.4 is 10.6 Å². The van der Waals surface area contributed by atoms with Crippen LogP contribution in [0.2, 0.25) is 0 Å². The molecule has 1 aliphatic heterocycles. The molecular formula is C22H24N4O2. The van der Waals surface area contributed by atoms with E-state index in [1.54, 1.807) is 0 Å². The maximum absolute atomic E-state index is 12.4. The number of hydrogen-bond acceptors (Lipinski definition) is 4. The minimum Gasteiger partial charge on any atom is -0.366 e. The Labute approximate surface area is 164 Å². The van der Waals surface area contributed by atoms with Gasteiger partial charge < -0.3 is 15.4 Å². The largest absolute Gasteiger partial charge is 0.366 e. The summed E-state index contributed by atoms with van der Waals surface area (Å²) in [5.41, 5.74) is 4.09. The first kappa shape index (κ1) is 18.4. The smallest absolute Gasteiger partial charge is 0.250 e. The fourth-order valence-electron chi connectivity index (χ4n) is 3.31. The Balaban J connectivity index is 1.53. The molecule has 1 saturated heterocycles. The maximum Gasteiger partial charge on any atom is 0.250 e. The van der Waals surface area contributed by atoms with Gasteiger partial charge in [-0.3, -0.25) is 9.48 Å². The lowest BCUT2D eigenvalue weighted by molar-refractivity contribution is -0.134. The fourth-order valence-corrected chi connectivity index (χ4v) is 3.31. The average Bonchev–Trinajstić information content (AvgIpc) is 3.16. The van der Waals surface area contributed by atoms with Crippen molar-refractivity contribution >= 4 is 5.91 Å². The minimum atomic E-state index is -0.437. The van der Waals surface area contributed by atoms with Gasteiger partial charge in [-0.1, -0.05) is 60.7 Å². The van der Waals surface area contributed by atoms with E-state index in [-0.39, 0.29) is 5.91 Å². The average molecular weight is 376 g/mol. The van der Waals surface area contributed by atoms with Gasteiger partial charge in [-0.25, -0.2) is 0 Å². The van der Waals surface area contributed by atoms with Crippen LogP contribution in [0.4, 0.5) is 0 Å². The summed E-state index contributed by atoms with van der Waals surface area (Å²) in [7, 11) is 0. The number of ether oxygens (including phenoxy) is 1. The first-order valence-electron chi connectivity index (χ1n) is 9.55. The highest BCUT2D eigenvalue weighted by molar-refractivity contribution is 5.81. The molecule has 2 heterocycles. The highest BCUT2D eigenvalue weighted by Gasteiger charge is 2.22. The molecule has 4 rings (SSSR count). The SMILES string of the molecule is O=C(NCc1cn(Cc2ccccc2)nc1-c1ccccc1)C1CNCCO1. The number of nitrogens with zero attached hydrogens (tertiary/aromatic N) is 2. The molecule has 6 heteroatoms. The van der Waals surface area contributed by atoms with E-state index in [2.05, 4.69) is 22.8 Å². The van der Waals surface area contributed by atoms with Crippen molar-refractivity contribution in [1.29, 1.82) is 0 Å². The molecule has 2 N–H and O–H groups in total. The predicted octanol–water partition coefficient (Wildman–Crippen LogP) is 2.20. The first-order valence-corrected chi connectivity index (χ1v) is 9.55. The Hall–Kier alpha value is -2.96. The van der Waals surface area contributed by atoms with Crippen LogP contribution >= 0.6 is 0 Å². The standard InChI is InChI=1S/C22H24N4O2/c27-22(20-14-23-11-12-28-20)24-13-19-16-26(15-17-7-3-1-4-8-17)25-21(19)18-9-5-2-6-10-18/h1-10,16,20,23H,11-15H2,(H,24,27). The van der Waals surface area contributed by atoms with Gasteiger partial charge in [-0.2, -0.15) is 5.10 Å². The molecule has 0 saturated carbocycles. The number of rotatable bonds is 6. The van der Waals surface area contributed by atoms with Crippen molar-refractivity contribution in [3.63, 3.8) is 0 Å². The summed E-state index contributed by atoms with van der Waals surface area (Å²) < 4.78 is 7.46. The summed E-state index contributed by atoms with van der Waals surface area (Å²) in [5, 5.41) is 11.0. The lowest BCUT2D eigenvalue weighted by Gasteiger charge is -2.22. The quantitative estimate of drug-likeness (QED) is 0.692. The molecule has 0 aliphatic carbocycles. The van der Waals surface area contributed by atoms with Crippen LogP contribution in [0.15, 0.2) is 66.9 Å². The zero-order chi connectivity index (χ0) is 19.2. The van der Waals surface area contributed by atoms with E-state index in [9.17, 15) is 4.79 Å². The van der Waals surface area contributed by atoms with Crippen LogP contribution in [0.25, 0.3) is 11.3 Å². The first-order chi connectivity index (χ1) is 13.8. The second kappa shape index (κ2) is 8.82. The van der Waals surface area contributed by atoms with Gasteiger partial charge >= 0.3 is 0 Å². The van der Waals surface area contributed by atoms with E-state index in [1.165, 1.54) is 5.56 Å². The van der Waals surface area contributed by atoms with Crippen LogP contribution in [-0.4, -0.2) is 41.5 Å². The van der Waals surface area contributed by atoms with Gasteiger partial charge in [0.15, 0.2) is 0 Å². The summed E-state index contributed by atoms with van der Waals surface area (Å²) in [6, 6.07) is 20.3. The molecule has 1 aliphatic rings. The summed E-state index contributed by atoms with van der Waals surface area (Å²) in [6.45, 7) is 2.99. The van der Waals surface area contributed by atoms with Crippen molar-refractivity contribution in [2.45, 2.75) is 19.2 Å². The second-order valence-corrected chi connectivity index (χ2v) is 6.83. The number of nitrogens with one attached hydrogen (secondary N) is 2. The molecule has 1 fully saturated rings. The third-order valence-electron chi connectivity index (χ3n) is 4.75. The normalized spacial score (nSPS) is 16.6. The molecule has 0 bridgehead atoms. The lowest BCUT2D eigenvalue weighted by Crippen LogP contribution is -2.47. The molecule has 6 nitrogen and oxygen atoms in total. The molecule has 1 amide bonds. The number of carbonyl (C=O) groups is 1. The van der Waals surface area contributed by atoms with E-state index in [0.29, 0.717) is 26.2 Å². The lowest BCUT2D eigenvalue weighted by atomic mass is 10.1. The monoisotopic (exact) mass is 376 g/mol. The van der Waals surface area contributed by atoms with Gasteiger partial charge in [0.2, 0.25) is 0 Å². The number of aromatic nitrogens is 2. The number of benzene rings is 2. The van der Waals surface area contributed by atoms with E-state index in [4.69, 9.17) is 9.84 Å². The Morgan fingerprint density at radius 2 is 1.89 bits per heavy atom. The van der Waals surface area contributed by atoms with Crippen molar-refractivity contribution in [2.24, 2.45) is 0 Å². The van der Waals surface area contributed by atoms with Gasteiger partial charge in [0, 0.05) is 37.0 Å². The van der Waals surface area contributed by atoms with Crippen LogP contribution in [0.5, 0.6) is 0 Å². The maximum atomic E-state index is 12.4. The van der Waals surface area contributed by atoms with Gasteiger partial charge in [0.1, 0.15) is 6.10 Å². The third kappa shape index (κ3) is 4.47. The number of carbonyl (C=O) groups excluding carboxylic acids is 1. The van der Waals surface area contributed by atoms with Gasteiger partial charge in [-0.15, -0.1) is 0 Å². The van der Waals surface area contributed by atoms with Crippen LogP contribution in [0.1, 0.15) is 11.1 Å². The van der Waals surface area contributed by atoms with E-state index >= 15 is 0 Å². The van der Waals surface area contributed by atoms with E-state index in [0.717, 1.165) is 23.4 Å². The van der Waals surface area contributed by atoms with Crippen molar-refractivity contribution in [3.05, 3.63) is 78.0 Å². The van der Waals surface area contributed by atoms with Crippen molar-refractivity contribution in [2.75, 3.05) is 19.7 Å². The van der Waals surface area contributed by atoms with Crippen LogP contribution in [-0.2, 0) is 22.6 Å². The molecule has 0 spiro atoms. The van der Waals surface area contributed by atoms with Crippen molar-refractivity contribution < 1.29 is 9.53 Å². The van der Waals surface area contributed by atoms with Crippen LogP contribution in [0, 0.1) is 0 Å². The van der Waals surface area contributed by atoms with Crippen molar-refractivity contribution in [1.82, 2.24) is 20.4 Å². The van der Waals surface area contributed by atoms with E-state index < -0.39 is 6.10 Å². The summed E-state index contributed by atoms with van der Waals surface area (Å²) in [4.78, 5) is 12.4. The molecule has 1 atom stereocenters. The fraction of sp³-hybridized carbons (Fsp3) is 0.273.